The van der Waals surface area contributed by atoms with Gasteiger partial charge in [-0.15, -0.1) is 0 Å². The highest BCUT2D eigenvalue weighted by atomic mass is 35.5. The number of hydrogen-bond acceptors (Lipinski definition) is 3. The number of rotatable bonds is 5. The summed E-state index contributed by atoms with van der Waals surface area (Å²) in [6, 6.07) is 3.74. The van der Waals surface area contributed by atoms with Crippen LogP contribution in [-0.2, 0) is 11.3 Å². The molecule has 0 aromatic heterocycles. The zero-order valence-corrected chi connectivity index (χ0v) is 12.3. The first-order chi connectivity index (χ1) is 10.4. The van der Waals surface area contributed by atoms with Gasteiger partial charge in [0.2, 0.25) is 5.91 Å². The van der Waals surface area contributed by atoms with Crippen molar-refractivity contribution in [2.45, 2.75) is 24.7 Å². The third kappa shape index (κ3) is 3.85. The monoisotopic (exact) mass is 329 g/mol. The minimum Gasteiger partial charge on any atom is -0.351 e. The van der Waals surface area contributed by atoms with Gasteiger partial charge >= 0.3 is 0 Å². The van der Waals surface area contributed by atoms with E-state index in [9.17, 15) is 13.6 Å². The van der Waals surface area contributed by atoms with E-state index in [1.54, 1.807) is 6.07 Å². The lowest BCUT2D eigenvalue weighted by Crippen LogP contribution is -2.40. The van der Waals surface area contributed by atoms with E-state index >= 15 is 0 Å². The first kappa shape index (κ1) is 16.5. The Morgan fingerprint density at radius 3 is 3.14 bits per heavy atom. The molecule has 118 valence electrons. The molecular weight excluding hydrogens is 316 g/mol. The maximum Gasteiger partial charge on any atom is 0.237 e. The van der Waals surface area contributed by atoms with Crippen LogP contribution in [0.1, 0.15) is 12.0 Å². The summed E-state index contributed by atoms with van der Waals surface area (Å²) in [4.78, 5) is 14.5. The number of alkyl halides is 1. The predicted octanol–water partition coefficient (Wildman–Crippen LogP) is 2.48. The molecule has 2 N–H and O–H groups in total. The molecule has 0 aliphatic carbocycles. The molecule has 0 radical (unpaired) electrons. The van der Waals surface area contributed by atoms with E-state index in [-0.39, 0.29) is 36.6 Å². The number of azide groups is 1. The fourth-order valence-corrected chi connectivity index (χ4v) is 2.47. The maximum atomic E-state index is 14.2. The van der Waals surface area contributed by atoms with E-state index in [1.165, 1.54) is 12.1 Å². The summed E-state index contributed by atoms with van der Waals surface area (Å²) in [6.07, 6.45) is -0.101. The number of nitrogens with one attached hydrogen (secondary N) is 2. The predicted molar refractivity (Wildman–Crippen MR) is 77.5 cm³/mol. The van der Waals surface area contributed by atoms with Gasteiger partial charge in [0.05, 0.1) is 17.6 Å². The average Bonchev–Trinajstić information content (AvgIpc) is 2.89. The van der Waals surface area contributed by atoms with Gasteiger partial charge in [-0.1, -0.05) is 28.8 Å². The molecule has 1 fully saturated rings. The van der Waals surface area contributed by atoms with Gasteiger partial charge in [-0.05, 0) is 11.6 Å². The molecule has 9 heteroatoms. The molecular formula is C13H14ClF2N5O. The Morgan fingerprint density at radius 1 is 1.64 bits per heavy atom. The maximum absolute atomic E-state index is 14.2. The van der Waals surface area contributed by atoms with Crippen LogP contribution in [0.4, 0.5) is 8.78 Å². The Bertz CT molecular complexity index is 622. The van der Waals surface area contributed by atoms with Crippen LogP contribution < -0.4 is 10.6 Å². The van der Waals surface area contributed by atoms with Crippen LogP contribution in [0, 0.1) is 5.82 Å². The Morgan fingerprint density at radius 2 is 2.41 bits per heavy atom. The largest absolute Gasteiger partial charge is 0.351 e. The number of amides is 1. The van der Waals surface area contributed by atoms with Crippen molar-refractivity contribution in [1.29, 1.82) is 0 Å². The number of benzene rings is 1. The third-order valence-corrected chi connectivity index (χ3v) is 3.75. The molecule has 1 aromatic carbocycles. The summed E-state index contributed by atoms with van der Waals surface area (Å²) < 4.78 is 27.9. The summed E-state index contributed by atoms with van der Waals surface area (Å²) in [5.41, 5.74) is 6.73. The highest BCUT2D eigenvalue weighted by Crippen LogP contribution is 2.25. The first-order valence-corrected chi connectivity index (χ1v) is 6.97. The van der Waals surface area contributed by atoms with Crippen molar-refractivity contribution in [2.24, 2.45) is 5.11 Å². The van der Waals surface area contributed by atoms with Crippen LogP contribution in [0.2, 0.25) is 5.02 Å². The molecule has 1 saturated heterocycles. The molecule has 1 heterocycles. The van der Waals surface area contributed by atoms with Crippen molar-refractivity contribution >= 4 is 17.5 Å². The Kier molecular flexibility index (Phi) is 5.18. The molecule has 1 aliphatic rings. The highest BCUT2D eigenvalue weighted by molar-refractivity contribution is 6.30. The SMILES string of the molecule is [N-]=[N+]=NC[C@]1(F)CN[C@H](C(=O)NCc2cccc(Cl)c2F)C1. The molecule has 0 spiro atoms. The van der Waals surface area contributed by atoms with Crippen LogP contribution in [-0.4, -0.2) is 30.7 Å². The molecule has 22 heavy (non-hydrogen) atoms. The molecule has 0 bridgehead atoms. The lowest BCUT2D eigenvalue weighted by atomic mass is 10.0. The van der Waals surface area contributed by atoms with E-state index in [1.807, 2.05) is 0 Å². The van der Waals surface area contributed by atoms with Gasteiger partial charge in [0, 0.05) is 30.0 Å². The fourth-order valence-electron chi connectivity index (χ4n) is 2.27. The molecule has 2 rings (SSSR count). The van der Waals surface area contributed by atoms with Gasteiger partial charge in [0.25, 0.3) is 0 Å². The van der Waals surface area contributed by atoms with E-state index in [4.69, 9.17) is 17.1 Å². The van der Waals surface area contributed by atoms with Crippen LogP contribution in [0.15, 0.2) is 23.3 Å². The number of halogens is 3. The van der Waals surface area contributed by atoms with E-state index < -0.39 is 23.4 Å². The standard InChI is InChI=1S/C13H14ClF2N5O/c14-9-3-1-2-8(11(9)15)5-18-12(22)10-4-13(16,6-19-10)7-20-21-17/h1-3,10,19H,4-7H2,(H,18,22)/t10-,13+/m0/s1. The summed E-state index contributed by atoms with van der Waals surface area (Å²) >= 11 is 5.65. The van der Waals surface area contributed by atoms with Crippen molar-refractivity contribution < 1.29 is 13.6 Å². The van der Waals surface area contributed by atoms with Crippen molar-refractivity contribution in [3.05, 3.63) is 45.0 Å². The number of carbonyl (C=O) groups is 1. The Balaban J connectivity index is 1.91. The number of carbonyl (C=O) groups excluding carboxylic acids is 1. The van der Waals surface area contributed by atoms with Crippen LogP contribution in [0.25, 0.3) is 10.4 Å². The lowest BCUT2D eigenvalue weighted by molar-refractivity contribution is -0.123. The third-order valence-electron chi connectivity index (χ3n) is 3.45. The molecule has 1 aromatic rings. The fraction of sp³-hybridized carbons (Fsp3) is 0.462. The second-order valence-corrected chi connectivity index (χ2v) is 5.52. The summed E-state index contributed by atoms with van der Waals surface area (Å²) in [5.74, 6) is -1.04. The lowest BCUT2D eigenvalue weighted by Gasteiger charge is -2.15. The average molecular weight is 330 g/mol. The summed E-state index contributed by atoms with van der Waals surface area (Å²) in [6.45, 7) is -0.447. The smallest absolute Gasteiger partial charge is 0.237 e. The van der Waals surface area contributed by atoms with E-state index in [2.05, 4.69) is 20.7 Å². The van der Waals surface area contributed by atoms with Gasteiger partial charge < -0.3 is 10.6 Å². The minimum absolute atomic E-state index is 0.0251. The number of nitrogens with zero attached hydrogens (tertiary/aromatic N) is 3. The summed E-state index contributed by atoms with van der Waals surface area (Å²) in [7, 11) is 0. The summed E-state index contributed by atoms with van der Waals surface area (Å²) in [5, 5.41) is 8.44. The molecule has 0 saturated carbocycles. The van der Waals surface area contributed by atoms with Crippen LogP contribution in [0.3, 0.4) is 0 Å². The zero-order valence-electron chi connectivity index (χ0n) is 11.5. The van der Waals surface area contributed by atoms with Crippen LogP contribution in [0.5, 0.6) is 0 Å². The first-order valence-electron chi connectivity index (χ1n) is 6.59. The topological polar surface area (TPSA) is 89.9 Å². The van der Waals surface area contributed by atoms with Gasteiger partial charge in [0.1, 0.15) is 11.5 Å². The van der Waals surface area contributed by atoms with Crippen LogP contribution >= 0.6 is 11.6 Å². The quantitative estimate of drug-likeness (QED) is 0.493. The van der Waals surface area contributed by atoms with Crippen molar-refractivity contribution in [1.82, 2.24) is 10.6 Å². The van der Waals surface area contributed by atoms with Gasteiger partial charge in [-0.2, -0.15) is 0 Å². The molecule has 0 unspecified atom stereocenters. The molecule has 1 amide bonds. The van der Waals surface area contributed by atoms with E-state index in [0.717, 1.165) is 0 Å². The van der Waals surface area contributed by atoms with E-state index in [0.29, 0.717) is 0 Å². The highest BCUT2D eigenvalue weighted by Gasteiger charge is 2.41. The van der Waals surface area contributed by atoms with Crippen molar-refractivity contribution in [2.75, 3.05) is 13.1 Å². The Hall–Kier alpha value is -1.89. The second-order valence-electron chi connectivity index (χ2n) is 5.11. The number of hydrogen-bond donors (Lipinski definition) is 2. The Labute approximate surface area is 130 Å². The van der Waals surface area contributed by atoms with Crippen molar-refractivity contribution in [3.8, 4) is 0 Å². The second kappa shape index (κ2) is 6.91. The minimum atomic E-state index is -1.74. The molecule has 6 nitrogen and oxygen atoms in total. The zero-order chi connectivity index (χ0) is 16.2. The van der Waals surface area contributed by atoms with Crippen molar-refractivity contribution in [3.63, 3.8) is 0 Å². The van der Waals surface area contributed by atoms with Gasteiger partial charge in [-0.3, -0.25) is 4.79 Å². The van der Waals surface area contributed by atoms with Gasteiger partial charge in [-0.25, -0.2) is 8.78 Å². The van der Waals surface area contributed by atoms with Gasteiger partial charge in [0.15, 0.2) is 0 Å². The molecule has 1 aliphatic heterocycles. The normalized spacial score (nSPS) is 23.9. The molecule has 2 atom stereocenters.